The molecule has 0 radical (unpaired) electrons. The molecule has 0 N–H and O–H groups in total. The molecule has 0 bridgehead atoms. The molecule has 2 aromatic rings. The second-order valence-corrected chi connectivity index (χ2v) is 8.63. The zero-order valence-corrected chi connectivity index (χ0v) is 17.0. The van der Waals surface area contributed by atoms with Crippen LogP contribution in [0.1, 0.15) is 37.6 Å². The molecule has 1 spiro atoms. The topological polar surface area (TPSA) is 39.5 Å². The highest BCUT2D eigenvalue weighted by Crippen LogP contribution is 2.44. The van der Waals surface area contributed by atoms with E-state index in [1.807, 2.05) is 31.7 Å². The Morgan fingerprint density at radius 1 is 1.29 bits per heavy atom. The van der Waals surface area contributed by atoms with E-state index in [1.165, 1.54) is 17.8 Å². The zero-order valence-electron chi connectivity index (χ0n) is 17.0. The minimum atomic E-state index is -0.275. The second-order valence-electron chi connectivity index (χ2n) is 8.63. The summed E-state index contributed by atoms with van der Waals surface area (Å²) in [4.78, 5) is 6.67. The van der Waals surface area contributed by atoms with Gasteiger partial charge in [-0.2, -0.15) is 0 Å². The van der Waals surface area contributed by atoms with Crippen LogP contribution in [0.2, 0.25) is 0 Å². The number of morpholine rings is 1. The Bertz CT molecular complexity index is 791. The monoisotopic (exact) mass is 387 g/mol. The highest BCUT2D eigenvalue weighted by molar-refractivity contribution is 5.21. The summed E-state index contributed by atoms with van der Waals surface area (Å²) in [6.45, 7) is 8.40. The number of benzene rings is 1. The lowest BCUT2D eigenvalue weighted by atomic mass is 9.75. The fraction of sp³-hybridized carbons (Fsp3) is 0.591. The summed E-state index contributed by atoms with van der Waals surface area (Å²) in [5.74, 6) is 0.567. The van der Waals surface area contributed by atoms with E-state index in [1.54, 1.807) is 0 Å². The van der Waals surface area contributed by atoms with Crippen LogP contribution < -0.4 is 0 Å². The van der Waals surface area contributed by atoms with Crippen molar-refractivity contribution in [2.45, 2.75) is 38.5 Å². The first kappa shape index (κ1) is 19.6. The number of hydrogen-bond acceptors (Lipinski definition) is 4. The fourth-order valence-corrected chi connectivity index (χ4v) is 4.58. The summed E-state index contributed by atoms with van der Waals surface area (Å²) >= 11 is 0. The van der Waals surface area contributed by atoms with E-state index in [2.05, 4.69) is 28.3 Å². The lowest BCUT2D eigenvalue weighted by molar-refractivity contribution is -0.211. The van der Waals surface area contributed by atoms with Crippen LogP contribution in [-0.2, 0) is 23.1 Å². The first-order chi connectivity index (χ1) is 13.5. The van der Waals surface area contributed by atoms with Gasteiger partial charge in [0.15, 0.2) is 0 Å². The van der Waals surface area contributed by atoms with Gasteiger partial charge in [0.1, 0.15) is 11.4 Å². The van der Waals surface area contributed by atoms with Crippen LogP contribution in [0.15, 0.2) is 36.8 Å². The van der Waals surface area contributed by atoms with Crippen LogP contribution in [-0.4, -0.2) is 46.4 Å². The van der Waals surface area contributed by atoms with Crippen molar-refractivity contribution in [2.75, 3.05) is 26.3 Å². The molecule has 0 aliphatic carbocycles. The van der Waals surface area contributed by atoms with Crippen molar-refractivity contribution in [2.24, 2.45) is 18.9 Å². The van der Waals surface area contributed by atoms with Crippen molar-refractivity contribution in [3.05, 3.63) is 53.9 Å². The Balaban J connectivity index is 1.49. The van der Waals surface area contributed by atoms with Crippen molar-refractivity contribution in [1.29, 1.82) is 0 Å². The van der Waals surface area contributed by atoms with E-state index in [9.17, 15) is 4.39 Å². The summed E-state index contributed by atoms with van der Waals surface area (Å²) in [5.41, 5.74) is 1.98. The fourth-order valence-electron chi connectivity index (χ4n) is 4.58. The summed E-state index contributed by atoms with van der Waals surface area (Å²) in [6.07, 6.45) is 4.72. The minimum absolute atomic E-state index is 0.0118. The van der Waals surface area contributed by atoms with Gasteiger partial charge in [-0.1, -0.05) is 26.0 Å². The van der Waals surface area contributed by atoms with E-state index in [4.69, 9.17) is 9.47 Å². The molecule has 3 heterocycles. The van der Waals surface area contributed by atoms with Gasteiger partial charge in [0, 0.05) is 32.9 Å². The van der Waals surface area contributed by atoms with Gasteiger partial charge in [-0.3, -0.25) is 4.90 Å². The van der Waals surface area contributed by atoms with Crippen molar-refractivity contribution >= 4 is 0 Å². The van der Waals surface area contributed by atoms with E-state index in [0.29, 0.717) is 25.0 Å². The highest BCUT2D eigenvalue weighted by Gasteiger charge is 2.46. The summed E-state index contributed by atoms with van der Waals surface area (Å²) in [6, 6.07) is 6.74. The lowest BCUT2D eigenvalue weighted by Gasteiger charge is -2.50. The Kier molecular flexibility index (Phi) is 5.54. The van der Waals surface area contributed by atoms with Crippen molar-refractivity contribution in [1.82, 2.24) is 14.5 Å². The molecule has 1 aromatic heterocycles. The molecule has 2 saturated heterocycles. The molecule has 1 aromatic carbocycles. The number of halogens is 1. The standard InChI is InChI=1S/C22H30FN3O2/c1-16(2)20-10-22(14-27-21(20)17-4-6-18(23)7-5-17)13-26(8-9-28-22)12-19-11-24-15-25(19)3/h4-7,11,15-16,20-21H,8-10,12-14H2,1-3H3/t20-,21-,22-/m0/s1. The first-order valence-electron chi connectivity index (χ1n) is 10.1. The van der Waals surface area contributed by atoms with Gasteiger partial charge < -0.3 is 14.0 Å². The summed E-state index contributed by atoms with van der Waals surface area (Å²) in [5, 5.41) is 0. The second kappa shape index (κ2) is 7.93. The normalized spacial score (nSPS) is 28.9. The molecule has 0 unspecified atom stereocenters. The molecule has 2 fully saturated rings. The summed E-state index contributed by atoms with van der Waals surface area (Å²) in [7, 11) is 2.03. The van der Waals surface area contributed by atoms with E-state index >= 15 is 0 Å². The van der Waals surface area contributed by atoms with Crippen LogP contribution in [0, 0.1) is 17.7 Å². The number of imidazole rings is 1. The van der Waals surface area contributed by atoms with Gasteiger partial charge in [0.25, 0.3) is 0 Å². The molecule has 152 valence electrons. The lowest BCUT2D eigenvalue weighted by Crippen LogP contribution is -2.58. The van der Waals surface area contributed by atoms with E-state index < -0.39 is 0 Å². The van der Waals surface area contributed by atoms with Crippen molar-refractivity contribution in [3.8, 4) is 0 Å². The van der Waals surface area contributed by atoms with Crippen molar-refractivity contribution in [3.63, 3.8) is 0 Å². The smallest absolute Gasteiger partial charge is 0.123 e. The molecule has 2 aliphatic rings. The Hall–Kier alpha value is -1.76. The third-order valence-corrected chi connectivity index (χ3v) is 6.21. The SMILES string of the molecule is CC(C)[C@@H]1C[C@@]2(CO[C@H]1c1ccc(F)cc1)CN(Cc1cncn1C)CCO2. The third-order valence-electron chi connectivity index (χ3n) is 6.21. The quantitative estimate of drug-likeness (QED) is 0.804. The molecular weight excluding hydrogens is 357 g/mol. The predicted molar refractivity (Wildman–Crippen MR) is 105 cm³/mol. The minimum Gasteiger partial charge on any atom is -0.370 e. The number of hydrogen-bond donors (Lipinski definition) is 0. The molecule has 0 amide bonds. The van der Waals surface area contributed by atoms with Crippen LogP contribution in [0.5, 0.6) is 0 Å². The van der Waals surface area contributed by atoms with Gasteiger partial charge in [-0.05, 0) is 36.0 Å². The molecular formula is C22H30FN3O2. The average Bonchev–Trinajstić information content (AvgIpc) is 3.07. The summed E-state index contributed by atoms with van der Waals surface area (Å²) < 4.78 is 28.1. The highest BCUT2D eigenvalue weighted by atomic mass is 19.1. The third kappa shape index (κ3) is 4.00. The van der Waals surface area contributed by atoms with Crippen LogP contribution in [0.3, 0.4) is 0 Å². The number of rotatable bonds is 4. The van der Waals surface area contributed by atoms with Crippen molar-refractivity contribution < 1.29 is 13.9 Å². The predicted octanol–water partition coefficient (Wildman–Crippen LogP) is 3.56. The maximum atomic E-state index is 13.3. The molecule has 5 nitrogen and oxygen atoms in total. The van der Waals surface area contributed by atoms with Crippen LogP contribution in [0.25, 0.3) is 0 Å². The molecule has 6 heteroatoms. The largest absolute Gasteiger partial charge is 0.370 e. The number of nitrogens with zero attached hydrogens (tertiary/aromatic N) is 3. The van der Waals surface area contributed by atoms with Gasteiger partial charge >= 0.3 is 0 Å². The molecule has 4 rings (SSSR count). The van der Waals surface area contributed by atoms with Gasteiger partial charge in [-0.25, -0.2) is 9.37 Å². The van der Waals surface area contributed by atoms with Crippen LogP contribution >= 0.6 is 0 Å². The van der Waals surface area contributed by atoms with Gasteiger partial charge in [0.2, 0.25) is 0 Å². The molecule has 0 saturated carbocycles. The molecule has 2 aliphatic heterocycles. The van der Waals surface area contributed by atoms with Gasteiger partial charge in [-0.15, -0.1) is 0 Å². The zero-order chi connectivity index (χ0) is 19.7. The number of aromatic nitrogens is 2. The maximum absolute atomic E-state index is 13.3. The van der Waals surface area contributed by atoms with E-state index in [0.717, 1.165) is 31.6 Å². The molecule has 28 heavy (non-hydrogen) atoms. The average molecular weight is 387 g/mol. The first-order valence-corrected chi connectivity index (χ1v) is 10.1. The number of ether oxygens (including phenoxy) is 2. The maximum Gasteiger partial charge on any atom is 0.123 e. The van der Waals surface area contributed by atoms with Gasteiger partial charge in [0.05, 0.1) is 31.3 Å². The Morgan fingerprint density at radius 3 is 2.75 bits per heavy atom. The molecule has 3 atom stereocenters. The Morgan fingerprint density at radius 2 is 2.07 bits per heavy atom. The van der Waals surface area contributed by atoms with Crippen LogP contribution in [0.4, 0.5) is 4.39 Å². The number of aryl methyl sites for hydroxylation is 1. The van der Waals surface area contributed by atoms with E-state index in [-0.39, 0.29) is 17.5 Å². The Labute approximate surface area is 166 Å².